The molecule has 6 heteroatoms. The van der Waals surface area contributed by atoms with E-state index < -0.39 is 6.04 Å². The van der Waals surface area contributed by atoms with Crippen molar-refractivity contribution in [3.05, 3.63) is 35.9 Å². The predicted molar refractivity (Wildman–Crippen MR) is 86.3 cm³/mol. The Balaban J connectivity index is 0.00000400. The van der Waals surface area contributed by atoms with Crippen LogP contribution in [-0.2, 0) is 16.0 Å². The van der Waals surface area contributed by atoms with Gasteiger partial charge in [0.05, 0.1) is 12.6 Å². The summed E-state index contributed by atoms with van der Waals surface area (Å²) in [4.78, 5) is 23.4. The molecule has 118 valence electrons. The highest BCUT2D eigenvalue weighted by molar-refractivity contribution is 5.87. The Bertz CT molecular complexity index is 458. The van der Waals surface area contributed by atoms with Gasteiger partial charge in [0.2, 0.25) is 11.8 Å². The molecular weight excluding hydrogens is 290 g/mol. The highest BCUT2D eigenvalue weighted by Crippen LogP contribution is 2.02. The Morgan fingerprint density at radius 2 is 1.76 bits per heavy atom. The molecule has 0 radical (unpaired) electrons. The normalized spacial score (nSPS) is 12.0. The summed E-state index contributed by atoms with van der Waals surface area (Å²) in [5, 5.41) is 5.32. The summed E-state index contributed by atoms with van der Waals surface area (Å²) in [6.07, 6.45) is 0.452. The molecule has 0 aromatic heterocycles. The highest BCUT2D eigenvalue weighted by Gasteiger charge is 2.17. The molecule has 0 heterocycles. The van der Waals surface area contributed by atoms with Crippen LogP contribution in [0.15, 0.2) is 30.3 Å². The van der Waals surface area contributed by atoms with Crippen molar-refractivity contribution in [1.29, 1.82) is 0 Å². The Morgan fingerprint density at radius 3 is 2.29 bits per heavy atom. The Hall–Kier alpha value is -1.59. The van der Waals surface area contributed by atoms with Crippen molar-refractivity contribution < 1.29 is 9.59 Å². The number of nitrogens with one attached hydrogen (secondary N) is 2. The molecule has 1 atom stereocenters. The van der Waals surface area contributed by atoms with Crippen molar-refractivity contribution in [2.75, 3.05) is 6.54 Å². The van der Waals surface area contributed by atoms with Crippen LogP contribution in [0.2, 0.25) is 0 Å². The van der Waals surface area contributed by atoms with Gasteiger partial charge in [0.25, 0.3) is 0 Å². The van der Waals surface area contributed by atoms with Crippen molar-refractivity contribution in [1.82, 2.24) is 10.6 Å². The van der Waals surface area contributed by atoms with Crippen molar-refractivity contribution in [3.8, 4) is 0 Å². The van der Waals surface area contributed by atoms with E-state index in [1.54, 1.807) is 0 Å². The van der Waals surface area contributed by atoms with E-state index in [0.717, 1.165) is 5.56 Å². The lowest BCUT2D eigenvalue weighted by Gasteiger charge is -2.21. The van der Waals surface area contributed by atoms with Crippen LogP contribution in [0.3, 0.4) is 0 Å². The smallest absolute Gasteiger partial charge is 0.239 e. The van der Waals surface area contributed by atoms with E-state index in [9.17, 15) is 9.59 Å². The summed E-state index contributed by atoms with van der Waals surface area (Å²) in [6.45, 7) is 5.59. The topological polar surface area (TPSA) is 84.2 Å². The summed E-state index contributed by atoms with van der Waals surface area (Å²) >= 11 is 0. The van der Waals surface area contributed by atoms with Gasteiger partial charge in [0.15, 0.2) is 0 Å². The van der Waals surface area contributed by atoms with Crippen LogP contribution in [0.4, 0.5) is 0 Å². The quantitative estimate of drug-likeness (QED) is 0.758. The standard InChI is InChI=1S/C15H23N3O2.ClH/c1-15(2,3)18-13(19)10-17-14(20)12(16)9-11-7-5-4-6-8-11;/h4-8,12H,9-10,16H2,1-3H3,(H,17,20)(H,18,19);1H. The Kier molecular flexibility index (Phi) is 7.99. The number of amides is 2. The van der Waals surface area contributed by atoms with E-state index >= 15 is 0 Å². The van der Waals surface area contributed by atoms with Crippen molar-refractivity contribution in [2.45, 2.75) is 38.8 Å². The van der Waals surface area contributed by atoms with Gasteiger partial charge in [-0.15, -0.1) is 12.4 Å². The monoisotopic (exact) mass is 313 g/mol. The number of carbonyl (C=O) groups is 2. The number of hydrogen-bond donors (Lipinski definition) is 3. The number of benzene rings is 1. The van der Waals surface area contributed by atoms with Gasteiger partial charge in [0, 0.05) is 5.54 Å². The maximum atomic E-state index is 11.8. The van der Waals surface area contributed by atoms with Gasteiger partial charge < -0.3 is 16.4 Å². The van der Waals surface area contributed by atoms with E-state index in [-0.39, 0.29) is 36.3 Å². The van der Waals surface area contributed by atoms with Gasteiger partial charge in [-0.1, -0.05) is 30.3 Å². The lowest BCUT2D eigenvalue weighted by Crippen LogP contribution is -2.49. The fraction of sp³-hybridized carbons (Fsp3) is 0.467. The van der Waals surface area contributed by atoms with E-state index in [2.05, 4.69) is 10.6 Å². The minimum absolute atomic E-state index is 0. The SMILES string of the molecule is CC(C)(C)NC(=O)CNC(=O)C(N)Cc1ccccc1.Cl. The maximum absolute atomic E-state index is 11.8. The van der Waals surface area contributed by atoms with E-state index in [4.69, 9.17) is 5.73 Å². The molecule has 2 amide bonds. The molecule has 0 bridgehead atoms. The molecule has 21 heavy (non-hydrogen) atoms. The summed E-state index contributed by atoms with van der Waals surface area (Å²) < 4.78 is 0. The Labute approximate surface area is 132 Å². The average molecular weight is 314 g/mol. The highest BCUT2D eigenvalue weighted by atomic mass is 35.5. The zero-order valence-electron chi connectivity index (χ0n) is 12.7. The largest absolute Gasteiger partial charge is 0.350 e. The minimum atomic E-state index is -0.653. The molecule has 1 aromatic carbocycles. The minimum Gasteiger partial charge on any atom is -0.350 e. The van der Waals surface area contributed by atoms with Crippen molar-refractivity contribution in [2.24, 2.45) is 5.73 Å². The van der Waals surface area contributed by atoms with E-state index in [1.165, 1.54) is 0 Å². The molecule has 0 saturated heterocycles. The zero-order chi connectivity index (χ0) is 15.2. The van der Waals surface area contributed by atoms with Crippen molar-refractivity contribution in [3.63, 3.8) is 0 Å². The summed E-state index contributed by atoms with van der Waals surface area (Å²) in [7, 11) is 0. The van der Waals surface area contributed by atoms with Crippen LogP contribution in [0.25, 0.3) is 0 Å². The first-order valence-electron chi connectivity index (χ1n) is 6.66. The first-order chi connectivity index (χ1) is 9.28. The molecule has 0 aliphatic heterocycles. The van der Waals surface area contributed by atoms with Gasteiger partial charge in [-0.25, -0.2) is 0 Å². The number of halogens is 1. The Morgan fingerprint density at radius 1 is 1.19 bits per heavy atom. The fourth-order valence-corrected chi connectivity index (χ4v) is 1.72. The van der Waals surface area contributed by atoms with Gasteiger partial charge in [0.1, 0.15) is 0 Å². The lowest BCUT2D eigenvalue weighted by molar-refractivity contribution is -0.127. The van der Waals surface area contributed by atoms with Crippen LogP contribution in [0.5, 0.6) is 0 Å². The zero-order valence-corrected chi connectivity index (χ0v) is 13.5. The molecule has 0 aliphatic rings. The molecular formula is C15H24ClN3O2. The fourth-order valence-electron chi connectivity index (χ4n) is 1.72. The van der Waals surface area contributed by atoms with Crippen LogP contribution in [0, 0.1) is 0 Å². The molecule has 0 fully saturated rings. The third kappa shape index (κ3) is 8.32. The third-order valence-electron chi connectivity index (χ3n) is 2.57. The first kappa shape index (κ1) is 19.4. The van der Waals surface area contributed by atoms with Gasteiger partial charge >= 0.3 is 0 Å². The lowest BCUT2D eigenvalue weighted by atomic mass is 10.1. The summed E-state index contributed by atoms with van der Waals surface area (Å²) in [5.41, 5.74) is 6.50. The molecule has 5 nitrogen and oxygen atoms in total. The maximum Gasteiger partial charge on any atom is 0.239 e. The van der Waals surface area contributed by atoms with Gasteiger partial charge in [-0.05, 0) is 32.8 Å². The predicted octanol–water partition coefficient (Wildman–Crippen LogP) is 1.01. The second-order valence-electron chi connectivity index (χ2n) is 5.81. The molecule has 4 N–H and O–H groups in total. The molecule has 1 aromatic rings. The van der Waals surface area contributed by atoms with Crippen LogP contribution in [-0.4, -0.2) is 29.9 Å². The van der Waals surface area contributed by atoms with Crippen LogP contribution >= 0.6 is 12.4 Å². The molecule has 0 spiro atoms. The summed E-state index contributed by atoms with van der Waals surface area (Å²) in [6, 6.07) is 8.89. The molecule has 1 rings (SSSR count). The number of carbonyl (C=O) groups excluding carboxylic acids is 2. The number of nitrogens with two attached hydrogens (primary N) is 1. The number of hydrogen-bond acceptors (Lipinski definition) is 3. The second kappa shape index (κ2) is 8.64. The van der Waals surface area contributed by atoms with Crippen molar-refractivity contribution >= 4 is 24.2 Å². The molecule has 0 aliphatic carbocycles. The molecule has 0 saturated carbocycles. The summed E-state index contributed by atoms with van der Waals surface area (Å²) in [5.74, 6) is -0.546. The second-order valence-corrected chi connectivity index (χ2v) is 5.81. The van der Waals surface area contributed by atoms with Gasteiger partial charge in [-0.3, -0.25) is 9.59 Å². The third-order valence-corrected chi connectivity index (χ3v) is 2.57. The van der Waals surface area contributed by atoms with E-state index in [0.29, 0.717) is 6.42 Å². The van der Waals surface area contributed by atoms with Crippen LogP contribution in [0.1, 0.15) is 26.3 Å². The first-order valence-corrected chi connectivity index (χ1v) is 6.66. The van der Waals surface area contributed by atoms with Crippen LogP contribution < -0.4 is 16.4 Å². The average Bonchev–Trinajstić information content (AvgIpc) is 2.35. The van der Waals surface area contributed by atoms with E-state index in [1.807, 2.05) is 51.1 Å². The van der Waals surface area contributed by atoms with Gasteiger partial charge in [-0.2, -0.15) is 0 Å². The number of rotatable bonds is 5. The molecule has 1 unspecified atom stereocenters.